The Bertz CT molecular complexity index is 507. The maximum atomic E-state index is 6.19. The Morgan fingerprint density at radius 2 is 2.11 bits per heavy atom. The summed E-state index contributed by atoms with van der Waals surface area (Å²) in [6.45, 7) is 0. The third-order valence-electron chi connectivity index (χ3n) is 3.07. The molecule has 3 nitrogen and oxygen atoms in total. The first-order valence-corrected chi connectivity index (χ1v) is 6.45. The summed E-state index contributed by atoms with van der Waals surface area (Å²) in [5.41, 5.74) is 2.42. The minimum atomic E-state index is 0.370. The van der Waals surface area contributed by atoms with E-state index in [1.54, 1.807) is 0 Å². The van der Waals surface area contributed by atoms with E-state index in [1.165, 1.54) is 11.1 Å². The lowest BCUT2D eigenvalue weighted by atomic mass is 10.0. The molecule has 0 amide bonds. The zero-order valence-corrected chi connectivity index (χ0v) is 11.5. The summed E-state index contributed by atoms with van der Waals surface area (Å²) < 4.78 is 1.83. The molecule has 1 heterocycles. The number of aryl methyl sites for hydroxylation is 1. The SMILES string of the molecule is CNC(Cc1cnn(C)c1)Cc1ccccc1Cl. The van der Waals surface area contributed by atoms with Crippen molar-refractivity contribution in [2.45, 2.75) is 18.9 Å². The van der Waals surface area contributed by atoms with E-state index in [0.717, 1.165) is 17.9 Å². The molecule has 18 heavy (non-hydrogen) atoms. The molecule has 1 atom stereocenters. The summed E-state index contributed by atoms with van der Waals surface area (Å²) in [6.07, 6.45) is 5.84. The van der Waals surface area contributed by atoms with Gasteiger partial charge in [0, 0.05) is 24.3 Å². The van der Waals surface area contributed by atoms with Crippen molar-refractivity contribution in [3.05, 3.63) is 52.8 Å². The Morgan fingerprint density at radius 3 is 2.72 bits per heavy atom. The number of nitrogens with one attached hydrogen (secondary N) is 1. The summed E-state index contributed by atoms with van der Waals surface area (Å²) in [7, 11) is 3.92. The topological polar surface area (TPSA) is 29.9 Å². The normalized spacial score (nSPS) is 12.6. The lowest BCUT2D eigenvalue weighted by Crippen LogP contribution is -2.29. The van der Waals surface area contributed by atoms with Crippen LogP contribution in [0.25, 0.3) is 0 Å². The monoisotopic (exact) mass is 263 g/mol. The second-order valence-electron chi connectivity index (χ2n) is 4.51. The van der Waals surface area contributed by atoms with Crippen LogP contribution >= 0.6 is 11.6 Å². The highest BCUT2D eigenvalue weighted by Crippen LogP contribution is 2.17. The van der Waals surface area contributed by atoms with Crippen molar-refractivity contribution in [2.24, 2.45) is 7.05 Å². The summed E-state index contributed by atoms with van der Waals surface area (Å²) in [5.74, 6) is 0. The summed E-state index contributed by atoms with van der Waals surface area (Å²) in [5, 5.41) is 8.37. The van der Waals surface area contributed by atoms with Crippen molar-refractivity contribution in [2.75, 3.05) is 7.05 Å². The van der Waals surface area contributed by atoms with Gasteiger partial charge in [0.1, 0.15) is 0 Å². The predicted octanol–water partition coefficient (Wildman–Crippen LogP) is 2.45. The summed E-state index contributed by atoms with van der Waals surface area (Å²) in [6, 6.07) is 8.37. The van der Waals surface area contributed by atoms with Gasteiger partial charge in [0.25, 0.3) is 0 Å². The average Bonchev–Trinajstić information content (AvgIpc) is 2.76. The van der Waals surface area contributed by atoms with Gasteiger partial charge < -0.3 is 5.32 Å². The van der Waals surface area contributed by atoms with Crippen LogP contribution in [0, 0.1) is 0 Å². The van der Waals surface area contributed by atoms with E-state index in [-0.39, 0.29) is 0 Å². The molecule has 0 saturated heterocycles. The molecule has 1 aromatic heterocycles. The standard InChI is InChI=1S/C14H18ClN3/c1-16-13(7-11-9-17-18(2)10-11)8-12-5-3-4-6-14(12)15/h3-6,9-10,13,16H,7-8H2,1-2H3. The zero-order valence-electron chi connectivity index (χ0n) is 10.7. The quantitative estimate of drug-likeness (QED) is 0.898. The van der Waals surface area contributed by atoms with E-state index in [1.807, 2.05) is 43.2 Å². The number of rotatable bonds is 5. The van der Waals surface area contributed by atoms with Crippen LogP contribution in [0.1, 0.15) is 11.1 Å². The van der Waals surface area contributed by atoms with Gasteiger partial charge in [-0.05, 0) is 37.1 Å². The van der Waals surface area contributed by atoms with Crippen LogP contribution in [0.3, 0.4) is 0 Å². The lowest BCUT2D eigenvalue weighted by Gasteiger charge is -2.16. The molecule has 1 N–H and O–H groups in total. The van der Waals surface area contributed by atoms with Crippen molar-refractivity contribution in [1.29, 1.82) is 0 Å². The van der Waals surface area contributed by atoms with Crippen molar-refractivity contribution < 1.29 is 0 Å². The molecule has 1 aromatic carbocycles. The van der Waals surface area contributed by atoms with Gasteiger partial charge in [0.05, 0.1) is 6.20 Å². The zero-order chi connectivity index (χ0) is 13.0. The second kappa shape index (κ2) is 6.03. The first-order chi connectivity index (χ1) is 8.69. The van der Waals surface area contributed by atoms with Crippen LogP contribution in [-0.2, 0) is 19.9 Å². The van der Waals surface area contributed by atoms with Gasteiger partial charge in [-0.2, -0.15) is 5.10 Å². The van der Waals surface area contributed by atoms with Crippen molar-refractivity contribution in [3.63, 3.8) is 0 Å². The highest BCUT2D eigenvalue weighted by Gasteiger charge is 2.11. The van der Waals surface area contributed by atoms with E-state index in [2.05, 4.69) is 22.7 Å². The molecular weight excluding hydrogens is 246 g/mol. The van der Waals surface area contributed by atoms with Crippen LogP contribution in [0.4, 0.5) is 0 Å². The molecule has 0 aliphatic heterocycles. The number of aromatic nitrogens is 2. The fourth-order valence-electron chi connectivity index (χ4n) is 2.07. The largest absolute Gasteiger partial charge is 0.316 e. The number of benzene rings is 1. The fraction of sp³-hybridized carbons (Fsp3) is 0.357. The fourth-order valence-corrected chi connectivity index (χ4v) is 2.28. The van der Waals surface area contributed by atoms with Gasteiger partial charge >= 0.3 is 0 Å². The number of likely N-dealkylation sites (N-methyl/N-ethyl adjacent to an activating group) is 1. The molecule has 2 rings (SSSR count). The molecule has 2 aromatic rings. The summed E-state index contributed by atoms with van der Waals surface area (Å²) >= 11 is 6.19. The van der Waals surface area contributed by atoms with Crippen molar-refractivity contribution in [3.8, 4) is 0 Å². The molecular formula is C14H18ClN3. The van der Waals surface area contributed by atoms with Crippen molar-refractivity contribution >= 4 is 11.6 Å². The van der Waals surface area contributed by atoms with Gasteiger partial charge in [0.15, 0.2) is 0 Å². The Labute approximate surface area is 113 Å². The number of hydrogen-bond acceptors (Lipinski definition) is 2. The number of hydrogen-bond donors (Lipinski definition) is 1. The van der Waals surface area contributed by atoms with Gasteiger partial charge in [-0.1, -0.05) is 29.8 Å². The van der Waals surface area contributed by atoms with Crippen LogP contribution in [0.5, 0.6) is 0 Å². The van der Waals surface area contributed by atoms with Crippen LogP contribution in [0.2, 0.25) is 5.02 Å². The molecule has 96 valence electrons. The first kappa shape index (κ1) is 13.1. The van der Waals surface area contributed by atoms with E-state index >= 15 is 0 Å². The van der Waals surface area contributed by atoms with Crippen LogP contribution in [0.15, 0.2) is 36.7 Å². The molecule has 0 saturated carbocycles. The Morgan fingerprint density at radius 1 is 1.33 bits per heavy atom. The van der Waals surface area contributed by atoms with Gasteiger partial charge in [0.2, 0.25) is 0 Å². The molecule has 0 aliphatic carbocycles. The van der Waals surface area contributed by atoms with Gasteiger partial charge in [-0.3, -0.25) is 4.68 Å². The molecule has 0 radical (unpaired) electrons. The third-order valence-corrected chi connectivity index (χ3v) is 3.44. The van der Waals surface area contributed by atoms with E-state index in [9.17, 15) is 0 Å². The molecule has 0 bridgehead atoms. The number of nitrogens with zero attached hydrogens (tertiary/aromatic N) is 2. The van der Waals surface area contributed by atoms with E-state index < -0.39 is 0 Å². The smallest absolute Gasteiger partial charge is 0.0522 e. The minimum Gasteiger partial charge on any atom is -0.316 e. The van der Waals surface area contributed by atoms with E-state index in [4.69, 9.17) is 11.6 Å². The second-order valence-corrected chi connectivity index (χ2v) is 4.91. The minimum absolute atomic E-state index is 0.370. The molecule has 0 fully saturated rings. The average molecular weight is 264 g/mol. The molecule has 1 unspecified atom stereocenters. The van der Waals surface area contributed by atoms with Crippen molar-refractivity contribution in [1.82, 2.24) is 15.1 Å². The summed E-state index contributed by atoms with van der Waals surface area (Å²) in [4.78, 5) is 0. The maximum absolute atomic E-state index is 6.19. The highest BCUT2D eigenvalue weighted by molar-refractivity contribution is 6.31. The Hall–Kier alpha value is -1.32. The first-order valence-electron chi connectivity index (χ1n) is 6.07. The number of halogens is 1. The lowest BCUT2D eigenvalue weighted by molar-refractivity contribution is 0.556. The maximum Gasteiger partial charge on any atom is 0.0522 e. The van der Waals surface area contributed by atoms with E-state index in [0.29, 0.717) is 6.04 Å². The third kappa shape index (κ3) is 3.34. The van der Waals surface area contributed by atoms with Gasteiger partial charge in [-0.25, -0.2) is 0 Å². The Kier molecular flexibility index (Phi) is 4.39. The highest BCUT2D eigenvalue weighted by atomic mass is 35.5. The van der Waals surface area contributed by atoms with Gasteiger partial charge in [-0.15, -0.1) is 0 Å². The molecule has 4 heteroatoms. The predicted molar refractivity (Wildman–Crippen MR) is 74.9 cm³/mol. The van der Waals surface area contributed by atoms with Crippen LogP contribution < -0.4 is 5.32 Å². The molecule has 0 aliphatic rings. The van der Waals surface area contributed by atoms with Crippen LogP contribution in [-0.4, -0.2) is 22.9 Å². The molecule has 0 spiro atoms. The Balaban J connectivity index is 2.04.